The topological polar surface area (TPSA) is 71.8 Å². The second-order valence-corrected chi connectivity index (χ2v) is 5.92. The molecular weight excluding hydrogens is 335 g/mol. The molecule has 5 nitrogen and oxygen atoms in total. The Morgan fingerprint density at radius 2 is 2.04 bits per heavy atom. The number of ether oxygens (including phenoxy) is 1. The zero-order valence-electron chi connectivity index (χ0n) is 14.4. The standard InChI is InChI=1S/C20H19FN2O3/c1-2-26-20(25)17(12-23-15-4-5-15)19(24)16-6-3-14(11-18(16)21)13-7-9-22-10-8-13/h3,6-12,15,24H,2,4-5H2,1H3/b19-17+,23-12?. The molecule has 0 radical (unpaired) electrons. The number of aliphatic imine (C=N–C) groups is 1. The zero-order valence-corrected chi connectivity index (χ0v) is 14.4. The molecule has 26 heavy (non-hydrogen) atoms. The summed E-state index contributed by atoms with van der Waals surface area (Å²) in [6.07, 6.45) is 6.41. The summed E-state index contributed by atoms with van der Waals surface area (Å²) < 4.78 is 19.6. The van der Waals surface area contributed by atoms with Crippen molar-refractivity contribution in [1.29, 1.82) is 0 Å². The number of carbonyl (C=O) groups excluding carboxylic acids is 1. The van der Waals surface area contributed by atoms with E-state index in [1.165, 1.54) is 18.3 Å². The maximum Gasteiger partial charge on any atom is 0.343 e. The average molecular weight is 354 g/mol. The lowest BCUT2D eigenvalue weighted by atomic mass is 10.0. The van der Waals surface area contributed by atoms with E-state index in [1.54, 1.807) is 37.5 Å². The van der Waals surface area contributed by atoms with Crippen molar-refractivity contribution in [1.82, 2.24) is 4.98 Å². The monoisotopic (exact) mass is 354 g/mol. The lowest BCUT2D eigenvalue weighted by Gasteiger charge is -2.09. The minimum absolute atomic E-state index is 0.0758. The lowest BCUT2D eigenvalue weighted by Crippen LogP contribution is -2.12. The summed E-state index contributed by atoms with van der Waals surface area (Å²) in [6.45, 7) is 1.81. The molecule has 1 fully saturated rings. The normalized spacial score (nSPS) is 15.0. The highest BCUT2D eigenvalue weighted by atomic mass is 19.1. The van der Waals surface area contributed by atoms with Crippen LogP contribution in [0.3, 0.4) is 0 Å². The van der Waals surface area contributed by atoms with E-state index in [0.29, 0.717) is 5.56 Å². The van der Waals surface area contributed by atoms with Gasteiger partial charge < -0.3 is 9.84 Å². The third-order valence-electron chi connectivity index (χ3n) is 3.95. The Balaban J connectivity index is 1.98. The lowest BCUT2D eigenvalue weighted by molar-refractivity contribution is -0.137. The summed E-state index contributed by atoms with van der Waals surface area (Å²) in [4.78, 5) is 20.3. The fourth-order valence-corrected chi connectivity index (χ4v) is 2.40. The summed E-state index contributed by atoms with van der Waals surface area (Å²) in [7, 11) is 0. The second-order valence-electron chi connectivity index (χ2n) is 5.92. The van der Waals surface area contributed by atoms with Crippen LogP contribution in [0.2, 0.25) is 0 Å². The minimum atomic E-state index is -0.730. The van der Waals surface area contributed by atoms with Crippen LogP contribution in [0.25, 0.3) is 16.9 Å². The number of hydrogen-bond donors (Lipinski definition) is 1. The van der Waals surface area contributed by atoms with Crippen molar-refractivity contribution in [3.8, 4) is 11.1 Å². The van der Waals surface area contributed by atoms with Crippen molar-refractivity contribution in [2.75, 3.05) is 6.61 Å². The molecule has 0 spiro atoms. The van der Waals surface area contributed by atoms with Gasteiger partial charge in [0.2, 0.25) is 0 Å². The Kier molecular flexibility index (Phi) is 5.41. The maximum atomic E-state index is 14.6. The van der Waals surface area contributed by atoms with E-state index in [1.807, 2.05) is 0 Å². The molecule has 0 unspecified atom stereocenters. The van der Waals surface area contributed by atoms with Crippen LogP contribution in [-0.2, 0) is 9.53 Å². The van der Waals surface area contributed by atoms with Crippen LogP contribution in [0.4, 0.5) is 4.39 Å². The van der Waals surface area contributed by atoms with E-state index in [-0.39, 0.29) is 23.8 Å². The molecule has 1 aromatic carbocycles. The summed E-state index contributed by atoms with van der Waals surface area (Å²) in [5.41, 5.74) is 1.23. The number of aliphatic hydroxyl groups is 1. The summed E-state index contributed by atoms with van der Waals surface area (Å²) in [5, 5.41) is 10.5. The Bertz CT molecular complexity index is 859. The highest BCUT2D eigenvalue weighted by Gasteiger charge is 2.23. The second kappa shape index (κ2) is 7.91. The van der Waals surface area contributed by atoms with Crippen LogP contribution in [0.5, 0.6) is 0 Å². The fraction of sp³-hybridized carbons (Fsp3) is 0.250. The SMILES string of the molecule is CCOC(=O)/C(C=NC1CC1)=C(/O)c1ccc(-c2ccncc2)cc1F. The van der Waals surface area contributed by atoms with E-state index in [0.717, 1.165) is 18.4 Å². The van der Waals surface area contributed by atoms with Crippen molar-refractivity contribution in [2.45, 2.75) is 25.8 Å². The molecule has 1 saturated carbocycles. The molecule has 6 heteroatoms. The first-order valence-corrected chi connectivity index (χ1v) is 8.44. The third kappa shape index (κ3) is 4.14. The number of rotatable bonds is 6. The van der Waals surface area contributed by atoms with Crippen LogP contribution in [0.1, 0.15) is 25.3 Å². The van der Waals surface area contributed by atoms with Gasteiger partial charge in [-0.05, 0) is 55.2 Å². The van der Waals surface area contributed by atoms with Gasteiger partial charge >= 0.3 is 5.97 Å². The van der Waals surface area contributed by atoms with Gasteiger partial charge in [-0.15, -0.1) is 0 Å². The van der Waals surface area contributed by atoms with E-state index < -0.39 is 17.5 Å². The van der Waals surface area contributed by atoms with Gasteiger partial charge in [-0.1, -0.05) is 6.07 Å². The van der Waals surface area contributed by atoms with Gasteiger partial charge in [0.1, 0.15) is 17.1 Å². The number of benzene rings is 1. The number of pyridine rings is 1. The van der Waals surface area contributed by atoms with E-state index >= 15 is 0 Å². The molecule has 0 bridgehead atoms. The first-order chi connectivity index (χ1) is 12.6. The largest absolute Gasteiger partial charge is 0.506 e. The third-order valence-corrected chi connectivity index (χ3v) is 3.95. The van der Waals surface area contributed by atoms with E-state index in [9.17, 15) is 14.3 Å². The number of aliphatic hydroxyl groups excluding tert-OH is 1. The van der Waals surface area contributed by atoms with Crippen LogP contribution in [-0.4, -0.2) is 34.9 Å². The Morgan fingerprint density at radius 1 is 1.31 bits per heavy atom. The molecule has 3 rings (SSSR count). The predicted molar refractivity (Wildman–Crippen MR) is 97.3 cm³/mol. The molecule has 0 saturated heterocycles. The fourth-order valence-electron chi connectivity index (χ4n) is 2.40. The summed E-state index contributed by atoms with van der Waals surface area (Å²) in [6, 6.07) is 8.09. The Labute approximate surface area is 150 Å². The van der Waals surface area contributed by atoms with Crippen molar-refractivity contribution >= 4 is 17.9 Å². The highest BCUT2D eigenvalue weighted by molar-refractivity contribution is 6.15. The van der Waals surface area contributed by atoms with Crippen LogP contribution < -0.4 is 0 Å². The van der Waals surface area contributed by atoms with Gasteiger partial charge in [0.05, 0.1) is 18.2 Å². The molecule has 0 aliphatic heterocycles. The van der Waals surface area contributed by atoms with E-state index in [4.69, 9.17) is 4.74 Å². The van der Waals surface area contributed by atoms with Gasteiger partial charge in [0.25, 0.3) is 0 Å². The summed E-state index contributed by atoms with van der Waals surface area (Å²) in [5.74, 6) is -1.85. The number of aromatic nitrogens is 1. The molecule has 1 heterocycles. The Hall–Kier alpha value is -3.02. The number of carbonyl (C=O) groups is 1. The first kappa shape index (κ1) is 17.8. The number of esters is 1. The molecule has 0 atom stereocenters. The zero-order chi connectivity index (χ0) is 18.5. The smallest absolute Gasteiger partial charge is 0.343 e. The van der Waals surface area contributed by atoms with Crippen molar-refractivity contribution in [3.05, 3.63) is 59.7 Å². The average Bonchev–Trinajstić information content (AvgIpc) is 3.47. The molecule has 0 amide bonds. The number of nitrogens with zero attached hydrogens (tertiary/aromatic N) is 2. The van der Waals surface area contributed by atoms with E-state index in [2.05, 4.69) is 9.98 Å². The van der Waals surface area contributed by atoms with Crippen LogP contribution >= 0.6 is 0 Å². The molecule has 134 valence electrons. The molecule has 1 N–H and O–H groups in total. The van der Waals surface area contributed by atoms with Gasteiger partial charge in [-0.2, -0.15) is 0 Å². The predicted octanol–water partition coefficient (Wildman–Crippen LogP) is 3.95. The van der Waals surface area contributed by atoms with Gasteiger partial charge in [0.15, 0.2) is 0 Å². The van der Waals surface area contributed by atoms with Crippen LogP contribution in [0, 0.1) is 5.82 Å². The number of halogens is 1. The maximum absolute atomic E-state index is 14.6. The molecular formula is C20H19FN2O3. The first-order valence-electron chi connectivity index (χ1n) is 8.44. The Morgan fingerprint density at radius 3 is 2.65 bits per heavy atom. The van der Waals surface area contributed by atoms with Crippen molar-refractivity contribution in [2.24, 2.45) is 4.99 Å². The van der Waals surface area contributed by atoms with Gasteiger partial charge in [-0.25, -0.2) is 9.18 Å². The molecule has 2 aromatic rings. The molecule has 1 aliphatic rings. The summed E-state index contributed by atoms with van der Waals surface area (Å²) >= 11 is 0. The van der Waals surface area contributed by atoms with Crippen molar-refractivity contribution in [3.63, 3.8) is 0 Å². The highest BCUT2D eigenvalue weighted by Crippen LogP contribution is 2.27. The number of hydrogen-bond acceptors (Lipinski definition) is 5. The molecule has 1 aliphatic carbocycles. The molecule has 1 aromatic heterocycles. The minimum Gasteiger partial charge on any atom is -0.506 e. The van der Waals surface area contributed by atoms with Gasteiger partial charge in [0, 0.05) is 18.6 Å². The van der Waals surface area contributed by atoms with Crippen LogP contribution in [0.15, 0.2) is 53.3 Å². The van der Waals surface area contributed by atoms with Crippen molar-refractivity contribution < 1.29 is 19.0 Å². The van der Waals surface area contributed by atoms with Gasteiger partial charge in [-0.3, -0.25) is 9.98 Å². The quantitative estimate of drug-likeness (QED) is 0.369.